The van der Waals surface area contributed by atoms with E-state index >= 15 is 0 Å². The molecule has 0 radical (unpaired) electrons. The van der Waals surface area contributed by atoms with Crippen LogP contribution in [-0.4, -0.2) is 22.2 Å². The summed E-state index contributed by atoms with van der Waals surface area (Å²) in [6.45, 7) is 0.736. The largest absolute Gasteiger partial charge is 0.355 e. The maximum absolute atomic E-state index is 11.4. The number of amides is 1. The van der Waals surface area contributed by atoms with Crippen LogP contribution in [0.4, 0.5) is 0 Å². The highest BCUT2D eigenvalue weighted by Gasteiger charge is 2.23. The van der Waals surface area contributed by atoms with Gasteiger partial charge >= 0.3 is 0 Å². The Bertz CT molecular complexity index is 866. The summed E-state index contributed by atoms with van der Waals surface area (Å²) in [5.41, 5.74) is 5.58. The lowest BCUT2D eigenvalue weighted by Crippen LogP contribution is -2.13. The first-order valence-electron chi connectivity index (χ1n) is 8.17. The third-order valence-electron chi connectivity index (χ3n) is 4.55. The molecule has 120 valence electrons. The SMILES string of the molecule is Cn1cc(-c2ccc(C3CNC(=O)C3)cc2)c(-c2ccccc2)n1. The number of benzene rings is 2. The van der Waals surface area contributed by atoms with Crippen molar-refractivity contribution in [3.63, 3.8) is 0 Å². The van der Waals surface area contributed by atoms with Gasteiger partial charge < -0.3 is 5.32 Å². The highest BCUT2D eigenvalue weighted by molar-refractivity contribution is 5.81. The molecule has 1 unspecified atom stereocenters. The minimum atomic E-state index is 0.141. The molecule has 4 nitrogen and oxygen atoms in total. The quantitative estimate of drug-likeness (QED) is 0.805. The van der Waals surface area contributed by atoms with Gasteiger partial charge in [0.15, 0.2) is 0 Å². The fraction of sp³-hybridized carbons (Fsp3) is 0.200. The van der Waals surface area contributed by atoms with E-state index in [9.17, 15) is 4.79 Å². The number of hydrogen-bond donors (Lipinski definition) is 1. The van der Waals surface area contributed by atoms with Gasteiger partial charge in [0, 0.05) is 43.3 Å². The van der Waals surface area contributed by atoms with Crippen LogP contribution in [0.25, 0.3) is 22.4 Å². The van der Waals surface area contributed by atoms with Crippen molar-refractivity contribution in [3.05, 3.63) is 66.4 Å². The molecule has 1 aromatic heterocycles. The Hall–Kier alpha value is -2.88. The van der Waals surface area contributed by atoms with Gasteiger partial charge in [0.2, 0.25) is 5.91 Å². The van der Waals surface area contributed by atoms with Crippen LogP contribution in [0.2, 0.25) is 0 Å². The Balaban J connectivity index is 1.68. The Morgan fingerprint density at radius 2 is 1.79 bits per heavy atom. The first-order chi connectivity index (χ1) is 11.7. The van der Waals surface area contributed by atoms with E-state index in [-0.39, 0.29) is 11.8 Å². The molecule has 1 saturated heterocycles. The Morgan fingerprint density at radius 3 is 2.46 bits per heavy atom. The Labute approximate surface area is 141 Å². The molecule has 4 rings (SSSR count). The van der Waals surface area contributed by atoms with Crippen LogP contribution in [-0.2, 0) is 11.8 Å². The van der Waals surface area contributed by atoms with E-state index in [2.05, 4.69) is 53.0 Å². The van der Waals surface area contributed by atoms with Crippen LogP contribution < -0.4 is 5.32 Å². The molecular formula is C20H19N3O. The number of nitrogens with zero attached hydrogens (tertiary/aromatic N) is 2. The predicted molar refractivity (Wildman–Crippen MR) is 94.4 cm³/mol. The van der Waals surface area contributed by atoms with Gasteiger partial charge in [0.1, 0.15) is 5.69 Å². The molecule has 0 aliphatic carbocycles. The molecule has 1 atom stereocenters. The number of nitrogens with one attached hydrogen (secondary N) is 1. The summed E-state index contributed by atoms with van der Waals surface area (Å²) in [6.07, 6.45) is 2.64. The van der Waals surface area contributed by atoms with Gasteiger partial charge in [-0.15, -0.1) is 0 Å². The standard InChI is InChI=1S/C20H19N3O/c1-23-13-18(20(22-23)16-5-3-2-4-6-16)15-9-7-14(8-10-15)17-11-19(24)21-12-17/h2-10,13,17H,11-12H2,1H3,(H,21,24). The minimum absolute atomic E-state index is 0.141. The number of aromatic nitrogens is 2. The van der Waals surface area contributed by atoms with E-state index in [0.717, 1.165) is 28.9 Å². The van der Waals surface area contributed by atoms with Crippen LogP contribution in [0.3, 0.4) is 0 Å². The molecule has 1 aliphatic rings. The monoisotopic (exact) mass is 317 g/mol. The maximum Gasteiger partial charge on any atom is 0.220 e. The number of rotatable bonds is 3. The third-order valence-corrected chi connectivity index (χ3v) is 4.55. The first kappa shape index (κ1) is 14.7. The average molecular weight is 317 g/mol. The minimum Gasteiger partial charge on any atom is -0.355 e. The summed E-state index contributed by atoms with van der Waals surface area (Å²) in [7, 11) is 1.94. The van der Waals surface area contributed by atoms with Gasteiger partial charge in [-0.1, -0.05) is 54.6 Å². The van der Waals surface area contributed by atoms with Crippen molar-refractivity contribution < 1.29 is 4.79 Å². The lowest BCUT2D eigenvalue weighted by molar-refractivity contribution is -0.119. The molecule has 24 heavy (non-hydrogen) atoms. The molecule has 3 aromatic rings. The lowest BCUT2D eigenvalue weighted by atomic mass is 9.95. The van der Waals surface area contributed by atoms with Gasteiger partial charge in [-0.3, -0.25) is 9.48 Å². The van der Waals surface area contributed by atoms with E-state index < -0.39 is 0 Å². The van der Waals surface area contributed by atoms with Crippen LogP contribution in [0.15, 0.2) is 60.8 Å². The zero-order chi connectivity index (χ0) is 16.5. The molecule has 0 saturated carbocycles. The molecule has 1 aliphatic heterocycles. The second-order valence-electron chi connectivity index (χ2n) is 6.26. The number of carbonyl (C=O) groups excluding carboxylic acids is 1. The van der Waals surface area contributed by atoms with Crippen LogP contribution in [0, 0.1) is 0 Å². The van der Waals surface area contributed by atoms with Crippen molar-refractivity contribution in [2.24, 2.45) is 7.05 Å². The zero-order valence-corrected chi connectivity index (χ0v) is 13.6. The number of carbonyl (C=O) groups is 1. The average Bonchev–Trinajstić information content (AvgIpc) is 3.22. The summed E-state index contributed by atoms with van der Waals surface area (Å²) in [6, 6.07) is 18.7. The van der Waals surface area contributed by atoms with Crippen molar-refractivity contribution in [2.75, 3.05) is 6.54 Å². The van der Waals surface area contributed by atoms with Crippen molar-refractivity contribution in [1.29, 1.82) is 0 Å². The first-order valence-corrected chi connectivity index (χ1v) is 8.17. The molecule has 2 aromatic carbocycles. The molecule has 1 N–H and O–H groups in total. The summed E-state index contributed by atoms with van der Waals surface area (Å²) in [5, 5.41) is 7.53. The second-order valence-corrected chi connectivity index (χ2v) is 6.26. The van der Waals surface area contributed by atoms with Gasteiger partial charge in [-0.05, 0) is 11.1 Å². The van der Waals surface area contributed by atoms with E-state index in [1.54, 1.807) is 0 Å². The summed E-state index contributed by atoms with van der Waals surface area (Å²) < 4.78 is 1.85. The second kappa shape index (κ2) is 5.96. The normalized spacial score (nSPS) is 17.0. The van der Waals surface area contributed by atoms with Gasteiger partial charge in [0.05, 0.1) is 0 Å². The number of hydrogen-bond acceptors (Lipinski definition) is 2. The lowest BCUT2D eigenvalue weighted by Gasteiger charge is -2.09. The maximum atomic E-state index is 11.4. The fourth-order valence-electron chi connectivity index (χ4n) is 3.28. The predicted octanol–water partition coefficient (Wildman–Crippen LogP) is 3.36. The molecule has 1 amide bonds. The molecular weight excluding hydrogens is 298 g/mol. The highest BCUT2D eigenvalue weighted by Crippen LogP contribution is 2.32. The van der Waals surface area contributed by atoms with E-state index in [1.807, 2.05) is 29.9 Å². The molecule has 2 heterocycles. The van der Waals surface area contributed by atoms with Gasteiger partial charge in [-0.25, -0.2) is 0 Å². The van der Waals surface area contributed by atoms with E-state index in [0.29, 0.717) is 6.42 Å². The van der Waals surface area contributed by atoms with Crippen LogP contribution >= 0.6 is 0 Å². The van der Waals surface area contributed by atoms with E-state index in [1.165, 1.54) is 5.56 Å². The fourth-order valence-corrected chi connectivity index (χ4v) is 3.28. The smallest absolute Gasteiger partial charge is 0.220 e. The number of aryl methyl sites for hydroxylation is 1. The van der Waals surface area contributed by atoms with Crippen molar-refractivity contribution >= 4 is 5.91 Å². The summed E-state index contributed by atoms with van der Waals surface area (Å²) in [4.78, 5) is 11.4. The molecule has 0 spiro atoms. The molecule has 0 bridgehead atoms. The molecule has 4 heteroatoms. The van der Waals surface area contributed by atoms with Crippen molar-refractivity contribution in [3.8, 4) is 22.4 Å². The topological polar surface area (TPSA) is 46.9 Å². The van der Waals surface area contributed by atoms with Gasteiger partial charge in [-0.2, -0.15) is 5.10 Å². The third kappa shape index (κ3) is 2.71. The van der Waals surface area contributed by atoms with Crippen molar-refractivity contribution in [2.45, 2.75) is 12.3 Å². The Morgan fingerprint density at radius 1 is 1.04 bits per heavy atom. The zero-order valence-electron chi connectivity index (χ0n) is 13.6. The summed E-state index contributed by atoms with van der Waals surface area (Å²) in [5.74, 6) is 0.428. The summed E-state index contributed by atoms with van der Waals surface area (Å²) >= 11 is 0. The van der Waals surface area contributed by atoms with Crippen molar-refractivity contribution in [1.82, 2.24) is 15.1 Å². The van der Waals surface area contributed by atoms with Crippen LogP contribution in [0.1, 0.15) is 17.9 Å². The Kier molecular flexibility index (Phi) is 3.65. The van der Waals surface area contributed by atoms with E-state index in [4.69, 9.17) is 0 Å². The van der Waals surface area contributed by atoms with Crippen LogP contribution in [0.5, 0.6) is 0 Å². The van der Waals surface area contributed by atoms with Gasteiger partial charge in [0.25, 0.3) is 0 Å². The highest BCUT2D eigenvalue weighted by atomic mass is 16.1. The molecule has 1 fully saturated rings.